The van der Waals surface area contributed by atoms with E-state index in [1.54, 1.807) is 19.2 Å². The van der Waals surface area contributed by atoms with Crippen molar-refractivity contribution in [3.63, 3.8) is 0 Å². The molecule has 0 bridgehead atoms. The molecule has 0 aliphatic heterocycles. The summed E-state index contributed by atoms with van der Waals surface area (Å²) in [5, 5.41) is 13.5. The summed E-state index contributed by atoms with van der Waals surface area (Å²) in [6.45, 7) is 2.41. The van der Waals surface area contributed by atoms with Crippen LogP contribution in [0.15, 0.2) is 54.6 Å². The van der Waals surface area contributed by atoms with E-state index in [9.17, 15) is 9.90 Å². The third-order valence-electron chi connectivity index (χ3n) is 3.84. The predicted octanol–water partition coefficient (Wildman–Crippen LogP) is 2.98. The number of para-hydroxylation sites is 1. The van der Waals surface area contributed by atoms with Crippen LogP contribution in [0.25, 0.3) is 0 Å². The van der Waals surface area contributed by atoms with Gasteiger partial charge < -0.3 is 15.2 Å². The molecule has 0 aliphatic carbocycles. The van der Waals surface area contributed by atoms with Gasteiger partial charge in [0.15, 0.2) is 5.78 Å². The third kappa shape index (κ3) is 4.65. The molecule has 0 radical (unpaired) electrons. The standard InChI is InChI=1S/C19H23NO3/c1-14(19(22)15-8-4-3-5-9-15)20-13-12-17(21)16-10-6-7-11-18(16)23-2/h3-11,14,19-20,22H,12-13H2,1-2H3. The highest BCUT2D eigenvalue weighted by atomic mass is 16.5. The number of carbonyl (C=O) groups is 1. The maximum Gasteiger partial charge on any atom is 0.167 e. The SMILES string of the molecule is COc1ccccc1C(=O)CCNC(C)C(O)c1ccccc1. The monoisotopic (exact) mass is 313 g/mol. The van der Waals surface area contributed by atoms with Gasteiger partial charge in [-0.3, -0.25) is 4.79 Å². The first-order valence-electron chi connectivity index (χ1n) is 7.76. The summed E-state index contributed by atoms with van der Waals surface area (Å²) in [6.07, 6.45) is -0.246. The lowest BCUT2D eigenvalue weighted by Crippen LogP contribution is -2.33. The zero-order valence-corrected chi connectivity index (χ0v) is 13.5. The van der Waals surface area contributed by atoms with Crippen LogP contribution in [0.5, 0.6) is 5.75 Å². The second-order valence-electron chi connectivity index (χ2n) is 5.47. The molecule has 122 valence electrons. The molecule has 0 aromatic heterocycles. The smallest absolute Gasteiger partial charge is 0.167 e. The molecule has 0 fully saturated rings. The molecule has 0 saturated heterocycles. The van der Waals surface area contributed by atoms with Gasteiger partial charge in [-0.1, -0.05) is 42.5 Å². The Labute approximate surface area is 137 Å². The molecule has 0 saturated carbocycles. The number of ketones is 1. The molecule has 2 N–H and O–H groups in total. The molecule has 4 nitrogen and oxygen atoms in total. The Morgan fingerprint density at radius 3 is 2.48 bits per heavy atom. The van der Waals surface area contributed by atoms with E-state index in [1.807, 2.05) is 49.4 Å². The van der Waals surface area contributed by atoms with Crippen LogP contribution in [0.3, 0.4) is 0 Å². The summed E-state index contributed by atoms with van der Waals surface area (Å²) in [5.74, 6) is 0.617. The number of hydrogen-bond donors (Lipinski definition) is 2. The number of hydrogen-bond acceptors (Lipinski definition) is 4. The minimum absolute atomic E-state index is 0.0244. The fourth-order valence-corrected chi connectivity index (χ4v) is 2.47. The molecule has 0 amide bonds. The summed E-state index contributed by atoms with van der Waals surface area (Å²) in [7, 11) is 1.56. The van der Waals surface area contributed by atoms with Crippen molar-refractivity contribution in [3.8, 4) is 5.75 Å². The fourth-order valence-electron chi connectivity index (χ4n) is 2.47. The van der Waals surface area contributed by atoms with Crippen LogP contribution >= 0.6 is 0 Å². The zero-order valence-electron chi connectivity index (χ0n) is 13.5. The number of Topliss-reactive ketones (excluding diaryl/α,β-unsaturated/α-hetero) is 1. The van der Waals surface area contributed by atoms with Crippen LogP contribution < -0.4 is 10.1 Å². The molecule has 2 aromatic carbocycles. The molecule has 4 heteroatoms. The summed E-state index contributed by atoms with van der Waals surface area (Å²) in [4.78, 5) is 12.3. The first-order chi connectivity index (χ1) is 11.1. The molecule has 0 aliphatic rings. The normalized spacial score (nSPS) is 13.3. The van der Waals surface area contributed by atoms with Crippen LogP contribution in [-0.4, -0.2) is 30.6 Å². The second-order valence-corrected chi connectivity index (χ2v) is 5.47. The number of rotatable bonds is 8. The van der Waals surface area contributed by atoms with Crippen LogP contribution in [0.2, 0.25) is 0 Å². The Morgan fingerprint density at radius 1 is 1.13 bits per heavy atom. The Bertz CT molecular complexity index is 628. The fraction of sp³-hybridized carbons (Fsp3) is 0.316. The van der Waals surface area contributed by atoms with E-state index in [0.29, 0.717) is 24.3 Å². The van der Waals surface area contributed by atoms with Gasteiger partial charge in [-0.05, 0) is 24.6 Å². The zero-order chi connectivity index (χ0) is 16.7. The van der Waals surface area contributed by atoms with Crippen LogP contribution in [0.1, 0.15) is 35.4 Å². The number of carbonyl (C=O) groups excluding carboxylic acids is 1. The lowest BCUT2D eigenvalue weighted by molar-refractivity contribution is 0.0969. The predicted molar refractivity (Wildman–Crippen MR) is 90.8 cm³/mol. The number of methoxy groups -OCH3 is 1. The van der Waals surface area contributed by atoms with Gasteiger partial charge in [-0.25, -0.2) is 0 Å². The minimum atomic E-state index is -0.599. The van der Waals surface area contributed by atoms with E-state index in [-0.39, 0.29) is 11.8 Å². The molecule has 2 rings (SSSR count). The van der Waals surface area contributed by atoms with Crippen molar-refractivity contribution in [1.82, 2.24) is 5.32 Å². The topological polar surface area (TPSA) is 58.6 Å². The van der Waals surface area contributed by atoms with Crippen LogP contribution in [0, 0.1) is 0 Å². The molecule has 23 heavy (non-hydrogen) atoms. The van der Waals surface area contributed by atoms with E-state index in [1.165, 1.54) is 0 Å². The van der Waals surface area contributed by atoms with Gasteiger partial charge in [-0.15, -0.1) is 0 Å². The Balaban J connectivity index is 1.86. The van der Waals surface area contributed by atoms with Gasteiger partial charge in [-0.2, -0.15) is 0 Å². The Hall–Kier alpha value is -2.17. The first-order valence-corrected chi connectivity index (χ1v) is 7.76. The van der Waals surface area contributed by atoms with Gasteiger partial charge in [0.2, 0.25) is 0 Å². The van der Waals surface area contributed by atoms with Crippen molar-refractivity contribution >= 4 is 5.78 Å². The van der Waals surface area contributed by atoms with Crippen molar-refractivity contribution in [3.05, 3.63) is 65.7 Å². The Kier molecular flexibility index (Phi) is 6.32. The number of benzene rings is 2. The van der Waals surface area contributed by atoms with E-state index >= 15 is 0 Å². The maximum absolute atomic E-state index is 12.3. The van der Waals surface area contributed by atoms with E-state index in [2.05, 4.69) is 5.32 Å². The van der Waals surface area contributed by atoms with Gasteiger partial charge in [0, 0.05) is 19.0 Å². The summed E-state index contributed by atoms with van der Waals surface area (Å²) in [6, 6.07) is 16.6. The summed E-state index contributed by atoms with van der Waals surface area (Å²) >= 11 is 0. The van der Waals surface area contributed by atoms with Crippen molar-refractivity contribution in [1.29, 1.82) is 0 Å². The quantitative estimate of drug-likeness (QED) is 0.736. The summed E-state index contributed by atoms with van der Waals surface area (Å²) < 4.78 is 5.21. The molecule has 0 heterocycles. The van der Waals surface area contributed by atoms with Gasteiger partial charge in [0.05, 0.1) is 18.8 Å². The van der Waals surface area contributed by atoms with E-state index in [0.717, 1.165) is 5.56 Å². The number of nitrogens with one attached hydrogen (secondary N) is 1. The lowest BCUT2D eigenvalue weighted by Gasteiger charge is -2.20. The lowest BCUT2D eigenvalue weighted by atomic mass is 10.0. The van der Waals surface area contributed by atoms with Crippen molar-refractivity contribution < 1.29 is 14.6 Å². The number of aliphatic hydroxyl groups is 1. The van der Waals surface area contributed by atoms with Crippen LogP contribution in [-0.2, 0) is 0 Å². The number of ether oxygens (including phenoxy) is 1. The highest BCUT2D eigenvalue weighted by Crippen LogP contribution is 2.19. The van der Waals surface area contributed by atoms with Gasteiger partial charge >= 0.3 is 0 Å². The molecule has 2 aromatic rings. The molecular weight excluding hydrogens is 290 g/mol. The minimum Gasteiger partial charge on any atom is -0.496 e. The average Bonchev–Trinajstić information content (AvgIpc) is 2.61. The number of aliphatic hydroxyl groups excluding tert-OH is 1. The molecular formula is C19H23NO3. The molecule has 2 unspecified atom stereocenters. The van der Waals surface area contributed by atoms with E-state index in [4.69, 9.17) is 4.74 Å². The van der Waals surface area contributed by atoms with Gasteiger partial charge in [0.25, 0.3) is 0 Å². The van der Waals surface area contributed by atoms with Gasteiger partial charge in [0.1, 0.15) is 5.75 Å². The second kappa shape index (κ2) is 8.46. The Morgan fingerprint density at radius 2 is 1.78 bits per heavy atom. The van der Waals surface area contributed by atoms with Crippen molar-refractivity contribution in [2.24, 2.45) is 0 Å². The average molecular weight is 313 g/mol. The first kappa shape index (κ1) is 17.2. The van der Waals surface area contributed by atoms with E-state index < -0.39 is 6.10 Å². The van der Waals surface area contributed by atoms with Crippen molar-refractivity contribution in [2.75, 3.05) is 13.7 Å². The van der Waals surface area contributed by atoms with Crippen LogP contribution in [0.4, 0.5) is 0 Å². The molecule has 0 spiro atoms. The largest absolute Gasteiger partial charge is 0.496 e. The highest BCUT2D eigenvalue weighted by Gasteiger charge is 2.16. The molecule has 2 atom stereocenters. The highest BCUT2D eigenvalue weighted by molar-refractivity contribution is 5.98. The maximum atomic E-state index is 12.3. The third-order valence-corrected chi connectivity index (χ3v) is 3.84. The summed E-state index contributed by atoms with van der Waals surface area (Å²) in [5.41, 5.74) is 1.46. The van der Waals surface area contributed by atoms with Crippen molar-refractivity contribution in [2.45, 2.75) is 25.5 Å².